The number of aryl methyl sites for hydroxylation is 3. The first kappa shape index (κ1) is 19.7. The zero-order valence-corrected chi connectivity index (χ0v) is 15.3. The molecule has 122 valence electrons. The third-order valence-electron chi connectivity index (χ3n) is 4.16. The quantitative estimate of drug-likeness (QED) is 0.494. The van der Waals surface area contributed by atoms with Gasteiger partial charge in [0.05, 0.1) is 0 Å². The van der Waals surface area contributed by atoms with Crippen molar-refractivity contribution in [2.75, 3.05) is 0 Å². The molecule has 3 rings (SSSR count). The van der Waals surface area contributed by atoms with Gasteiger partial charge >= 0.3 is 18.9 Å². The summed E-state index contributed by atoms with van der Waals surface area (Å²) < 4.78 is 0. The molecule has 0 N–H and O–H groups in total. The van der Waals surface area contributed by atoms with Gasteiger partial charge in [-0.25, -0.2) is 0 Å². The van der Waals surface area contributed by atoms with Crippen LogP contribution in [0.5, 0.6) is 0 Å². The summed E-state index contributed by atoms with van der Waals surface area (Å²) in [4.78, 5) is 13.0. The normalized spacial score (nSPS) is 10.7. The first-order valence-electron chi connectivity index (χ1n) is 8.10. The first-order valence-corrected chi connectivity index (χ1v) is 9.10. The molecule has 0 fully saturated rings. The summed E-state index contributed by atoms with van der Waals surface area (Å²) in [5.41, 5.74) is 6.74. The van der Waals surface area contributed by atoms with E-state index in [-0.39, 0.29) is 33.0 Å². The molecule has 0 aromatic heterocycles. The Morgan fingerprint density at radius 2 is 1.36 bits per heavy atom. The summed E-state index contributed by atoms with van der Waals surface area (Å²) in [5, 5.41) is 1.10. The van der Waals surface area contributed by atoms with Crippen molar-refractivity contribution in [3.8, 4) is 11.1 Å². The molecule has 0 saturated heterocycles. The predicted octanol–water partition coefficient (Wildman–Crippen LogP) is 4.77. The molecule has 1 atom stereocenters. The third kappa shape index (κ3) is 4.50. The maximum absolute atomic E-state index is 13.0. The average molecular weight is 340 g/mol. The van der Waals surface area contributed by atoms with E-state index in [0.717, 1.165) is 33.1 Å². The first-order chi connectivity index (χ1) is 11.6. The van der Waals surface area contributed by atoms with Crippen molar-refractivity contribution in [3.63, 3.8) is 0 Å². The van der Waals surface area contributed by atoms with E-state index < -0.39 is 0 Å². The summed E-state index contributed by atoms with van der Waals surface area (Å²) in [6.07, 6.45) is 0. The second kappa shape index (κ2) is 8.64. The van der Waals surface area contributed by atoms with E-state index in [0.29, 0.717) is 0 Å². The van der Waals surface area contributed by atoms with Gasteiger partial charge in [-0.1, -0.05) is 72.3 Å². The van der Waals surface area contributed by atoms with Crippen LogP contribution in [0.2, 0.25) is 0 Å². The van der Waals surface area contributed by atoms with E-state index in [1.165, 1.54) is 5.56 Å². The van der Waals surface area contributed by atoms with Crippen LogP contribution in [0.1, 0.15) is 27.0 Å². The molecule has 1 unspecified atom stereocenters. The van der Waals surface area contributed by atoms with Gasteiger partial charge in [0.15, 0.2) is 5.52 Å². The van der Waals surface area contributed by atoms with Gasteiger partial charge < -0.3 is 0 Å². The van der Waals surface area contributed by atoms with E-state index in [4.69, 9.17) is 0 Å². The van der Waals surface area contributed by atoms with Crippen LogP contribution in [0.25, 0.3) is 11.1 Å². The fourth-order valence-electron chi connectivity index (χ4n) is 3.18. The summed E-state index contributed by atoms with van der Waals surface area (Å²) in [5.74, 6) is 0. The Hall–Kier alpha value is -1.64. The van der Waals surface area contributed by atoms with Crippen LogP contribution in [0.15, 0.2) is 66.7 Å². The number of carbonyl (C=O) groups excluding carboxylic acids is 1. The molecule has 0 heterocycles. The molecule has 3 heteroatoms. The number of hydrogen-bond acceptors (Lipinski definition) is 1. The molecule has 25 heavy (non-hydrogen) atoms. The van der Waals surface area contributed by atoms with Crippen LogP contribution in [-0.4, -0.2) is 24.4 Å². The molecule has 0 aliphatic carbocycles. The fraction of sp³-hybridized carbons (Fsp3) is 0.136. The Labute approximate surface area is 163 Å². The third-order valence-corrected chi connectivity index (χ3v) is 5.35. The minimum atomic E-state index is 0. The van der Waals surface area contributed by atoms with Gasteiger partial charge in [0.2, 0.25) is 0 Å². The van der Waals surface area contributed by atoms with E-state index in [2.05, 4.69) is 43.3 Å². The average Bonchev–Trinajstić information content (AvgIpc) is 2.55. The van der Waals surface area contributed by atoms with Crippen molar-refractivity contribution in [1.29, 1.82) is 0 Å². The van der Waals surface area contributed by atoms with E-state index in [9.17, 15) is 4.79 Å². The topological polar surface area (TPSA) is 17.1 Å². The van der Waals surface area contributed by atoms with Crippen molar-refractivity contribution in [2.45, 2.75) is 20.8 Å². The summed E-state index contributed by atoms with van der Waals surface area (Å²) in [6, 6.07) is 22.7. The van der Waals surface area contributed by atoms with Crippen molar-refractivity contribution in [2.24, 2.45) is 0 Å². The Balaban J connectivity index is 0.00000225. The Morgan fingerprint density at radius 1 is 0.800 bits per heavy atom. The van der Waals surface area contributed by atoms with Crippen LogP contribution < -0.4 is 5.30 Å². The van der Waals surface area contributed by atoms with Crippen LogP contribution in [0.3, 0.4) is 0 Å². The van der Waals surface area contributed by atoms with Crippen molar-refractivity contribution >= 4 is 38.3 Å². The molecule has 0 spiro atoms. The van der Waals surface area contributed by atoms with Crippen LogP contribution >= 0.6 is 8.58 Å². The van der Waals surface area contributed by atoms with Gasteiger partial charge in [-0.05, 0) is 56.9 Å². The van der Waals surface area contributed by atoms with Crippen LogP contribution in [-0.2, 0) is 0 Å². The molecule has 3 aromatic rings. The van der Waals surface area contributed by atoms with Gasteiger partial charge in [0.25, 0.3) is 0 Å². The van der Waals surface area contributed by atoms with E-state index in [1.54, 1.807) is 0 Å². The van der Waals surface area contributed by atoms with E-state index in [1.807, 2.05) is 44.2 Å². The Morgan fingerprint density at radius 3 is 2.00 bits per heavy atom. The monoisotopic (exact) mass is 340 g/mol. The fourth-order valence-corrected chi connectivity index (χ4v) is 4.49. The molecule has 1 nitrogen and oxygen atoms in total. The Bertz CT molecular complexity index is 865. The second-order valence-electron chi connectivity index (χ2n) is 6.14. The molecule has 0 amide bonds. The van der Waals surface area contributed by atoms with Crippen LogP contribution in [0.4, 0.5) is 0 Å². The van der Waals surface area contributed by atoms with Crippen molar-refractivity contribution < 1.29 is 4.79 Å². The van der Waals surface area contributed by atoms with Gasteiger partial charge in [-0.15, -0.1) is 0 Å². The maximum atomic E-state index is 13.0. The zero-order valence-electron chi connectivity index (χ0n) is 14.3. The molecule has 0 aliphatic rings. The Kier molecular flexibility index (Phi) is 6.80. The summed E-state index contributed by atoms with van der Waals surface area (Å²) in [7, 11) is 0.131. The molecule has 0 aliphatic heterocycles. The van der Waals surface area contributed by atoms with Crippen molar-refractivity contribution in [3.05, 3.63) is 89.0 Å². The van der Waals surface area contributed by atoms with Gasteiger partial charge in [-0.3, -0.25) is 4.79 Å². The predicted molar refractivity (Wildman–Crippen MR) is 112 cm³/mol. The molecule has 3 aromatic carbocycles. The number of carbonyl (C=O) groups is 1. The van der Waals surface area contributed by atoms with Gasteiger partial charge in [0, 0.05) is 5.56 Å². The van der Waals surface area contributed by atoms with Gasteiger partial charge in [0.1, 0.15) is 0 Å². The van der Waals surface area contributed by atoms with Crippen molar-refractivity contribution in [1.82, 2.24) is 0 Å². The molecule has 0 saturated carbocycles. The second-order valence-corrected chi connectivity index (χ2v) is 7.38. The molecular formula is C22H22LiOP. The summed E-state index contributed by atoms with van der Waals surface area (Å²) >= 11 is 0. The number of benzene rings is 3. The summed E-state index contributed by atoms with van der Waals surface area (Å²) in [6.45, 7) is 6.13. The SMILES string of the molecule is Cc1cc(C)c(C(=O)Pc2ccccc2-c2ccccc2)c(C)c1.[LiH]. The number of rotatable bonds is 4. The van der Waals surface area contributed by atoms with Crippen LogP contribution in [0, 0.1) is 20.8 Å². The number of hydrogen-bond donors (Lipinski definition) is 0. The zero-order chi connectivity index (χ0) is 17.1. The van der Waals surface area contributed by atoms with Gasteiger partial charge in [-0.2, -0.15) is 0 Å². The van der Waals surface area contributed by atoms with E-state index >= 15 is 0 Å². The minimum absolute atomic E-state index is 0. The molecule has 0 bridgehead atoms. The molecule has 0 radical (unpaired) electrons. The standard InChI is InChI=1S/C22H21OP.Li.H/c1-15-13-16(2)21(17(3)14-15)22(23)24-20-12-8-7-11-19(20)18-9-5-4-6-10-18;;/h4-14,24H,1-3H3;;. The molecular weight excluding hydrogens is 318 g/mol.